The van der Waals surface area contributed by atoms with Crippen molar-refractivity contribution in [2.24, 2.45) is 0 Å². The maximum atomic E-state index is 12.9. The van der Waals surface area contributed by atoms with Crippen molar-refractivity contribution in [3.8, 4) is 0 Å². The molecule has 12 heteroatoms. The van der Waals surface area contributed by atoms with E-state index in [0.29, 0.717) is 19.3 Å². The number of aliphatic hydroxyl groups excluding tert-OH is 1. The number of hydrogen-bond acceptors (Lipinski definition) is 10. The van der Waals surface area contributed by atoms with Gasteiger partial charge in [-0.25, -0.2) is 4.57 Å². The molecule has 0 bridgehead atoms. The minimum absolute atomic E-state index is 0.126. The van der Waals surface area contributed by atoms with Gasteiger partial charge < -0.3 is 24.2 Å². The standard InChI is InChI=1S/C62H109O11P/c1-4-7-10-13-16-19-22-25-27-28-29-30-32-35-38-41-44-47-50-53-62(66)73-59(55-69-60(64)51-48-45-42-39-36-34-31-26-23-20-17-14-11-8-5-2)57-71-74(67,68)70-56-58(54-63)72-61(65)52-49-46-43-40-37-33-24-21-18-15-12-9-6-3/h7,10,16,19,25-27,29-31,35,38,58-59,63H,4-6,8-9,11-15,17-18,20-24,28,32-34,36-37,39-57H2,1-3H3,(H,67,68)/b10-7-,19-16-,27-25-,30-29-,31-26-,38-35-. The third kappa shape index (κ3) is 53.7. The van der Waals surface area contributed by atoms with Crippen molar-refractivity contribution in [3.05, 3.63) is 72.9 Å². The van der Waals surface area contributed by atoms with Gasteiger partial charge in [-0.2, -0.15) is 0 Å². The van der Waals surface area contributed by atoms with Crippen LogP contribution in [0.4, 0.5) is 0 Å². The van der Waals surface area contributed by atoms with Crippen molar-refractivity contribution in [1.29, 1.82) is 0 Å². The third-order valence-electron chi connectivity index (χ3n) is 12.6. The molecule has 0 heterocycles. The van der Waals surface area contributed by atoms with Gasteiger partial charge in [0.1, 0.15) is 12.7 Å². The molecule has 0 aromatic rings. The molecular weight excluding hydrogens is 952 g/mol. The number of rotatable bonds is 55. The van der Waals surface area contributed by atoms with Gasteiger partial charge in [0.05, 0.1) is 19.8 Å². The van der Waals surface area contributed by atoms with Crippen molar-refractivity contribution in [2.75, 3.05) is 26.4 Å². The zero-order chi connectivity index (χ0) is 54.1. The maximum Gasteiger partial charge on any atom is 0.472 e. The molecule has 0 rings (SSSR count). The Morgan fingerprint density at radius 2 is 0.703 bits per heavy atom. The zero-order valence-electron chi connectivity index (χ0n) is 47.3. The van der Waals surface area contributed by atoms with E-state index in [1.54, 1.807) is 0 Å². The summed E-state index contributed by atoms with van der Waals surface area (Å²) in [5.74, 6) is -1.51. The van der Waals surface area contributed by atoms with Gasteiger partial charge in [-0.3, -0.25) is 23.4 Å². The lowest BCUT2D eigenvalue weighted by Gasteiger charge is -2.21. The van der Waals surface area contributed by atoms with Gasteiger partial charge in [0.2, 0.25) is 0 Å². The van der Waals surface area contributed by atoms with Gasteiger partial charge in [0, 0.05) is 19.3 Å². The summed E-state index contributed by atoms with van der Waals surface area (Å²) in [6.07, 6.45) is 62.8. The van der Waals surface area contributed by atoms with E-state index >= 15 is 0 Å². The van der Waals surface area contributed by atoms with E-state index in [4.69, 9.17) is 23.3 Å². The number of aliphatic hydroxyl groups is 1. The number of hydrogen-bond donors (Lipinski definition) is 2. The highest BCUT2D eigenvalue weighted by molar-refractivity contribution is 7.47. The van der Waals surface area contributed by atoms with E-state index < -0.39 is 57.8 Å². The fourth-order valence-electron chi connectivity index (χ4n) is 8.08. The highest BCUT2D eigenvalue weighted by Crippen LogP contribution is 2.43. The Kier molecular flexibility index (Phi) is 53.8. The van der Waals surface area contributed by atoms with Crippen LogP contribution in [-0.2, 0) is 42.2 Å². The van der Waals surface area contributed by atoms with Crippen LogP contribution in [0.1, 0.15) is 265 Å². The van der Waals surface area contributed by atoms with Crippen molar-refractivity contribution >= 4 is 25.7 Å². The molecule has 11 nitrogen and oxygen atoms in total. The van der Waals surface area contributed by atoms with Crippen LogP contribution >= 0.6 is 7.82 Å². The van der Waals surface area contributed by atoms with Crippen molar-refractivity contribution in [3.63, 3.8) is 0 Å². The number of phosphoric acid groups is 1. The Hall–Kier alpha value is -3.08. The van der Waals surface area contributed by atoms with Gasteiger partial charge >= 0.3 is 25.7 Å². The van der Waals surface area contributed by atoms with E-state index in [9.17, 15) is 28.9 Å². The Morgan fingerprint density at radius 3 is 1.11 bits per heavy atom. The number of phosphoric ester groups is 1. The van der Waals surface area contributed by atoms with Crippen LogP contribution in [0, 0.1) is 0 Å². The van der Waals surface area contributed by atoms with Crippen LogP contribution in [-0.4, -0.2) is 66.5 Å². The van der Waals surface area contributed by atoms with Crippen LogP contribution in [0.25, 0.3) is 0 Å². The van der Waals surface area contributed by atoms with E-state index in [-0.39, 0.29) is 25.9 Å². The van der Waals surface area contributed by atoms with Gasteiger partial charge in [0.25, 0.3) is 0 Å². The van der Waals surface area contributed by atoms with Gasteiger partial charge in [-0.05, 0) is 89.9 Å². The molecule has 0 aromatic heterocycles. The second-order valence-corrected chi connectivity index (χ2v) is 21.2. The number of unbranched alkanes of at least 4 members (excludes halogenated alkanes) is 26. The molecule has 0 aromatic carbocycles. The minimum atomic E-state index is -4.76. The normalized spacial score (nSPS) is 13.9. The molecular formula is C62H109O11P. The molecule has 3 unspecified atom stereocenters. The summed E-state index contributed by atoms with van der Waals surface area (Å²) in [4.78, 5) is 48.6. The monoisotopic (exact) mass is 1060 g/mol. The summed E-state index contributed by atoms with van der Waals surface area (Å²) in [7, 11) is -4.76. The van der Waals surface area contributed by atoms with Crippen LogP contribution < -0.4 is 0 Å². The first-order chi connectivity index (χ1) is 36.2. The first-order valence-corrected chi connectivity index (χ1v) is 31.3. The number of esters is 3. The summed E-state index contributed by atoms with van der Waals surface area (Å²) in [6, 6.07) is 0. The molecule has 0 amide bonds. The smallest absolute Gasteiger partial charge is 0.462 e. The van der Waals surface area contributed by atoms with Gasteiger partial charge in [-0.15, -0.1) is 0 Å². The molecule has 0 saturated carbocycles. The van der Waals surface area contributed by atoms with Crippen molar-refractivity contribution in [2.45, 2.75) is 277 Å². The zero-order valence-corrected chi connectivity index (χ0v) is 48.2. The number of carbonyl (C=O) groups is 3. The van der Waals surface area contributed by atoms with Gasteiger partial charge in [0.15, 0.2) is 6.10 Å². The summed E-state index contributed by atoms with van der Waals surface area (Å²) in [6.45, 7) is 4.50. The topological polar surface area (TPSA) is 155 Å². The van der Waals surface area contributed by atoms with Crippen molar-refractivity contribution in [1.82, 2.24) is 0 Å². The Balaban J connectivity index is 4.79. The second-order valence-electron chi connectivity index (χ2n) is 19.8. The average Bonchev–Trinajstić information content (AvgIpc) is 3.39. The lowest BCUT2D eigenvalue weighted by molar-refractivity contribution is -0.161. The van der Waals surface area contributed by atoms with Gasteiger partial charge in [-0.1, -0.05) is 229 Å². The molecule has 0 aliphatic carbocycles. The van der Waals surface area contributed by atoms with Crippen LogP contribution in [0.3, 0.4) is 0 Å². The lowest BCUT2D eigenvalue weighted by Crippen LogP contribution is -2.30. The van der Waals surface area contributed by atoms with E-state index in [2.05, 4.69) is 93.7 Å². The van der Waals surface area contributed by atoms with E-state index in [0.717, 1.165) is 109 Å². The molecule has 0 fully saturated rings. The fraction of sp³-hybridized carbons (Fsp3) is 0.758. The molecule has 0 spiro atoms. The fourth-order valence-corrected chi connectivity index (χ4v) is 8.87. The number of allylic oxidation sites excluding steroid dienone is 12. The highest BCUT2D eigenvalue weighted by atomic mass is 31.2. The molecule has 0 aliphatic rings. The van der Waals surface area contributed by atoms with Crippen LogP contribution in [0.15, 0.2) is 72.9 Å². The predicted octanol–water partition coefficient (Wildman–Crippen LogP) is 17.7. The lowest BCUT2D eigenvalue weighted by atomic mass is 10.0. The summed E-state index contributed by atoms with van der Waals surface area (Å²) < 4.78 is 39.5. The molecule has 2 N–H and O–H groups in total. The van der Waals surface area contributed by atoms with Crippen LogP contribution in [0.5, 0.6) is 0 Å². The molecule has 0 radical (unpaired) electrons. The summed E-state index contributed by atoms with van der Waals surface area (Å²) in [5.41, 5.74) is 0. The maximum absolute atomic E-state index is 12.9. The molecule has 3 atom stereocenters. The largest absolute Gasteiger partial charge is 0.472 e. The summed E-state index contributed by atoms with van der Waals surface area (Å²) in [5, 5.41) is 9.81. The number of ether oxygens (including phenoxy) is 3. The van der Waals surface area contributed by atoms with E-state index in [1.165, 1.54) is 96.3 Å². The minimum Gasteiger partial charge on any atom is -0.462 e. The quantitative estimate of drug-likeness (QED) is 0.0197. The molecule has 428 valence electrons. The highest BCUT2D eigenvalue weighted by Gasteiger charge is 2.28. The predicted molar refractivity (Wildman–Crippen MR) is 307 cm³/mol. The Labute approximate surface area is 452 Å². The second kappa shape index (κ2) is 56.1. The third-order valence-corrected chi connectivity index (χ3v) is 13.6. The SMILES string of the molecule is CC/C=C\C/C=C\C/C=C\C/C=C\C/C=C\CCCCCC(=O)OC(COC(=O)CCCCCCC/C=C\CCCCCCCC)COP(=O)(O)OCC(CO)OC(=O)CCCCCCCCCCCCCCC. The van der Waals surface area contributed by atoms with Crippen LogP contribution in [0.2, 0.25) is 0 Å². The van der Waals surface area contributed by atoms with Crippen molar-refractivity contribution < 1.29 is 52.2 Å². The molecule has 0 aliphatic heterocycles. The first-order valence-electron chi connectivity index (χ1n) is 29.8. The average molecular weight is 1060 g/mol. The molecule has 74 heavy (non-hydrogen) atoms. The Morgan fingerprint density at radius 1 is 0.392 bits per heavy atom. The number of carbonyl (C=O) groups excluding carboxylic acids is 3. The summed E-state index contributed by atoms with van der Waals surface area (Å²) >= 11 is 0. The Bertz CT molecular complexity index is 1520. The van der Waals surface area contributed by atoms with E-state index in [1.807, 2.05) is 0 Å². The molecule has 0 saturated heterocycles. The first kappa shape index (κ1) is 70.9.